The molecule has 3 heteroatoms. The minimum absolute atomic E-state index is 0.180. The Kier molecular flexibility index (Phi) is 8.40. The maximum Gasteiger partial charge on any atom is 0.106 e. The molecule has 0 aliphatic heterocycles. The summed E-state index contributed by atoms with van der Waals surface area (Å²) in [4.78, 5) is 10.1. The lowest BCUT2D eigenvalue weighted by atomic mass is 10.1. The fraction of sp³-hybridized carbons (Fsp3) is 1.00. The molecular formula is C10H22O3. The molecule has 0 spiro atoms. The third kappa shape index (κ3) is 9.80. The van der Waals surface area contributed by atoms with Crippen molar-refractivity contribution in [1.29, 1.82) is 0 Å². The topological polar surface area (TPSA) is 27.7 Å². The van der Waals surface area contributed by atoms with Crippen molar-refractivity contribution < 1.29 is 14.5 Å². The van der Waals surface area contributed by atoms with Gasteiger partial charge >= 0.3 is 0 Å². The quantitative estimate of drug-likeness (QED) is 0.334. The smallest absolute Gasteiger partial charge is 0.106 e. The average Bonchev–Trinajstić information content (AvgIpc) is 2.09. The van der Waals surface area contributed by atoms with Gasteiger partial charge in [-0.3, -0.25) is 0 Å². The minimum atomic E-state index is 0.180. The van der Waals surface area contributed by atoms with Gasteiger partial charge in [-0.2, -0.15) is 0 Å². The summed E-state index contributed by atoms with van der Waals surface area (Å²) < 4.78 is 4.82. The summed E-state index contributed by atoms with van der Waals surface area (Å²) in [6.45, 7) is 7.52. The first kappa shape index (κ1) is 12.9. The SMILES string of the molecule is COCCOOC(C)CCC(C)C. The lowest BCUT2D eigenvalue weighted by Gasteiger charge is -2.12. The van der Waals surface area contributed by atoms with Gasteiger partial charge in [-0.25, -0.2) is 9.78 Å². The van der Waals surface area contributed by atoms with Gasteiger partial charge in [0.1, 0.15) is 6.61 Å². The van der Waals surface area contributed by atoms with Crippen LogP contribution in [0.5, 0.6) is 0 Å². The van der Waals surface area contributed by atoms with E-state index in [4.69, 9.17) is 14.5 Å². The van der Waals surface area contributed by atoms with Crippen molar-refractivity contribution in [3.63, 3.8) is 0 Å². The van der Waals surface area contributed by atoms with Crippen LogP contribution in [0.4, 0.5) is 0 Å². The molecule has 13 heavy (non-hydrogen) atoms. The van der Waals surface area contributed by atoms with Gasteiger partial charge in [0.2, 0.25) is 0 Å². The zero-order valence-corrected chi connectivity index (χ0v) is 9.21. The van der Waals surface area contributed by atoms with Crippen molar-refractivity contribution in [1.82, 2.24) is 0 Å². The lowest BCUT2D eigenvalue weighted by molar-refractivity contribution is -0.325. The zero-order valence-electron chi connectivity index (χ0n) is 9.21. The summed E-state index contributed by atoms with van der Waals surface area (Å²) in [5.74, 6) is 0.727. The average molecular weight is 190 g/mol. The standard InChI is InChI=1S/C10H22O3/c1-9(2)5-6-10(3)13-12-8-7-11-4/h9-10H,5-8H2,1-4H3. The molecular weight excluding hydrogens is 168 g/mol. The molecule has 0 rings (SSSR count). The molecule has 0 aliphatic carbocycles. The normalized spacial score (nSPS) is 13.6. The first-order chi connectivity index (χ1) is 6.16. The van der Waals surface area contributed by atoms with Gasteiger partial charge in [0.05, 0.1) is 12.7 Å². The van der Waals surface area contributed by atoms with Crippen LogP contribution in [0.25, 0.3) is 0 Å². The number of methoxy groups -OCH3 is 1. The Morgan fingerprint density at radius 3 is 2.23 bits per heavy atom. The van der Waals surface area contributed by atoms with Crippen molar-refractivity contribution in [2.24, 2.45) is 5.92 Å². The van der Waals surface area contributed by atoms with Crippen LogP contribution in [0.1, 0.15) is 33.6 Å². The van der Waals surface area contributed by atoms with E-state index in [1.807, 2.05) is 6.92 Å². The fourth-order valence-corrected chi connectivity index (χ4v) is 0.898. The number of hydrogen-bond acceptors (Lipinski definition) is 3. The van der Waals surface area contributed by atoms with Crippen LogP contribution in [0.3, 0.4) is 0 Å². The monoisotopic (exact) mass is 190 g/mol. The first-order valence-electron chi connectivity index (χ1n) is 4.94. The number of hydrogen-bond donors (Lipinski definition) is 0. The third-order valence-corrected chi connectivity index (χ3v) is 1.75. The van der Waals surface area contributed by atoms with Gasteiger partial charge in [0, 0.05) is 7.11 Å². The van der Waals surface area contributed by atoms with E-state index in [1.54, 1.807) is 7.11 Å². The number of rotatable bonds is 8. The highest BCUT2D eigenvalue weighted by Crippen LogP contribution is 2.08. The van der Waals surface area contributed by atoms with Crippen molar-refractivity contribution >= 4 is 0 Å². The number of ether oxygens (including phenoxy) is 1. The molecule has 0 heterocycles. The molecule has 1 atom stereocenters. The lowest BCUT2D eigenvalue weighted by Crippen LogP contribution is -2.12. The Labute approximate surface area is 81.3 Å². The fourth-order valence-electron chi connectivity index (χ4n) is 0.898. The predicted molar refractivity (Wildman–Crippen MR) is 52.4 cm³/mol. The summed E-state index contributed by atoms with van der Waals surface area (Å²) in [5, 5.41) is 0. The van der Waals surface area contributed by atoms with E-state index >= 15 is 0 Å². The second-order valence-corrected chi connectivity index (χ2v) is 3.69. The van der Waals surface area contributed by atoms with Gasteiger partial charge in [-0.1, -0.05) is 13.8 Å². The van der Waals surface area contributed by atoms with Crippen molar-refractivity contribution in [3.8, 4) is 0 Å². The maximum atomic E-state index is 5.11. The molecule has 0 N–H and O–H groups in total. The van der Waals surface area contributed by atoms with E-state index in [-0.39, 0.29) is 6.10 Å². The van der Waals surface area contributed by atoms with E-state index in [0.29, 0.717) is 13.2 Å². The molecule has 0 radical (unpaired) electrons. The highest BCUT2D eigenvalue weighted by atomic mass is 17.2. The summed E-state index contributed by atoms with van der Waals surface area (Å²) in [5.41, 5.74) is 0. The molecule has 0 aromatic heterocycles. The van der Waals surface area contributed by atoms with E-state index < -0.39 is 0 Å². The summed E-state index contributed by atoms with van der Waals surface area (Å²) in [6, 6.07) is 0. The second kappa shape index (κ2) is 8.48. The van der Waals surface area contributed by atoms with E-state index in [0.717, 1.165) is 12.3 Å². The molecule has 0 aromatic carbocycles. The van der Waals surface area contributed by atoms with Crippen LogP contribution in [0, 0.1) is 5.92 Å². The summed E-state index contributed by atoms with van der Waals surface area (Å²) in [7, 11) is 1.64. The highest BCUT2D eigenvalue weighted by Gasteiger charge is 2.04. The molecule has 0 bridgehead atoms. The van der Waals surface area contributed by atoms with Gasteiger partial charge in [-0.05, 0) is 25.7 Å². The van der Waals surface area contributed by atoms with Crippen LogP contribution in [-0.4, -0.2) is 26.4 Å². The molecule has 0 amide bonds. The van der Waals surface area contributed by atoms with Crippen LogP contribution in [-0.2, 0) is 14.5 Å². The van der Waals surface area contributed by atoms with Gasteiger partial charge < -0.3 is 4.74 Å². The summed E-state index contributed by atoms with van der Waals surface area (Å²) in [6.07, 6.45) is 2.40. The Hall–Kier alpha value is -0.120. The molecule has 0 fully saturated rings. The van der Waals surface area contributed by atoms with Gasteiger partial charge in [-0.15, -0.1) is 0 Å². The third-order valence-electron chi connectivity index (χ3n) is 1.75. The largest absolute Gasteiger partial charge is 0.382 e. The summed E-state index contributed by atoms with van der Waals surface area (Å²) >= 11 is 0. The van der Waals surface area contributed by atoms with Gasteiger partial charge in [0.15, 0.2) is 0 Å². The first-order valence-corrected chi connectivity index (χ1v) is 4.94. The molecule has 1 unspecified atom stereocenters. The molecule has 0 aliphatic rings. The second-order valence-electron chi connectivity index (χ2n) is 3.69. The Morgan fingerprint density at radius 1 is 1.00 bits per heavy atom. The predicted octanol–water partition coefficient (Wildman–Crippen LogP) is 2.41. The van der Waals surface area contributed by atoms with Crippen LogP contribution >= 0.6 is 0 Å². The van der Waals surface area contributed by atoms with E-state index in [1.165, 1.54) is 6.42 Å². The molecule has 0 saturated heterocycles. The molecule has 80 valence electrons. The zero-order chi connectivity index (χ0) is 10.1. The minimum Gasteiger partial charge on any atom is -0.382 e. The maximum absolute atomic E-state index is 5.11. The van der Waals surface area contributed by atoms with E-state index in [2.05, 4.69) is 13.8 Å². The van der Waals surface area contributed by atoms with E-state index in [9.17, 15) is 0 Å². The Bertz CT molecular complexity index is 104. The van der Waals surface area contributed by atoms with Crippen LogP contribution in [0.15, 0.2) is 0 Å². The van der Waals surface area contributed by atoms with Crippen LogP contribution < -0.4 is 0 Å². The van der Waals surface area contributed by atoms with Crippen LogP contribution in [0.2, 0.25) is 0 Å². The highest BCUT2D eigenvalue weighted by molar-refractivity contribution is 4.51. The Morgan fingerprint density at radius 2 is 1.69 bits per heavy atom. The van der Waals surface area contributed by atoms with Crippen molar-refractivity contribution in [2.75, 3.05) is 20.3 Å². The Balaban J connectivity index is 3.15. The molecule has 0 saturated carbocycles. The van der Waals surface area contributed by atoms with Crippen molar-refractivity contribution in [3.05, 3.63) is 0 Å². The molecule has 0 aromatic rings. The van der Waals surface area contributed by atoms with Crippen molar-refractivity contribution in [2.45, 2.75) is 39.7 Å². The molecule has 3 nitrogen and oxygen atoms in total. The van der Waals surface area contributed by atoms with Gasteiger partial charge in [0.25, 0.3) is 0 Å².